The van der Waals surface area contributed by atoms with Crippen molar-refractivity contribution in [3.05, 3.63) is 23.9 Å². The van der Waals surface area contributed by atoms with Crippen molar-refractivity contribution in [3.8, 4) is 0 Å². The van der Waals surface area contributed by atoms with Crippen LogP contribution in [0.4, 0.5) is 19.0 Å². The van der Waals surface area contributed by atoms with Crippen molar-refractivity contribution in [2.45, 2.75) is 43.8 Å². The molecule has 0 radical (unpaired) electrons. The third-order valence-electron chi connectivity index (χ3n) is 5.14. The van der Waals surface area contributed by atoms with Crippen LogP contribution in [0.25, 0.3) is 0 Å². The van der Waals surface area contributed by atoms with Gasteiger partial charge >= 0.3 is 6.18 Å². The highest BCUT2D eigenvalue weighted by Gasteiger charge is 2.39. The molecule has 7 heteroatoms. The Hall–Kier alpha value is -1.34. The Labute approximate surface area is 140 Å². The Bertz CT molecular complexity index is 521. The van der Waals surface area contributed by atoms with E-state index in [1.807, 2.05) is 0 Å². The second-order valence-electron chi connectivity index (χ2n) is 6.67. The fourth-order valence-corrected chi connectivity index (χ4v) is 3.65. The minimum Gasteiger partial charge on any atom is -0.381 e. The molecule has 0 spiro atoms. The van der Waals surface area contributed by atoms with Crippen molar-refractivity contribution < 1.29 is 17.9 Å². The molecule has 1 aromatic rings. The lowest BCUT2D eigenvalue weighted by atomic mass is 9.86. The molecule has 0 aromatic carbocycles. The molecule has 134 valence electrons. The standard InChI is InChI=1S/C17H24F3N3O/c18-17(19,20)14-4-5-15(21-12-14)22-13-16(6-10-24-11-7-16)23-8-2-1-3-9-23/h4-5,12H,1-3,6-11,13H2,(H,21,22). The van der Waals surface area contributed by atoms with Crippen LogP contribution in [0.15, 0.2) is 18.3 Å². The van der Waals surface area contributed by atoms with Gasteiger partial charge in [0.2, 0.25) is 0 Å². The lowest BCUT2D eigenvalue weighted by Gasteiger charge is -2.48. The van der Waals surface area contributed by atoms with Gasteiger partial charge in [-0.3, -0.25) is 4.90 Å². The van der Waals surface area contributed by atoms with Crippen molar-refractivity contribution >= 4 is 5.82 Å². The first-order valence-electron chi connectivity index (χ1n) is 8.60. The molecule has 0 bridgehead atoms. The summed E-state index contributed by atoms with van der Waals surface area (Å²) >= 11 is 0. The van der Waals surface area contributed by atoms with E-state index in [1.54, 1.807) is 0 Å². The zero-order valence-corrected chi connectivity index (χ0v) is 13.7. The highest BCUT2D eigenvalue weighted by atomic mass is 19.4. The van der Waals surface area contributed by atoms with E-state index in [9.17, 15) is 13.2 Å². The number of nitrogens with zero attached hydrogens (tertiary/aromatic N) is 2. The maximum absolute atomic E-state index is 12.6. The van der Waals surface area contributed by atoms with Gasteiger partial charge in [0.15, 0.2) is 0 Å². The Balaban J connectivity index is 1.67. The summed E-state index contributed by atoms with van der Waals surface area (Å²) in [6, 6.07) is 2.49. The van der Waals surface area contributed by atoms with Crippen LogP contribution in [0, 0.1) is 0 Å². The summed E-state index contributed by atoms with van der Waals surface area (Å²) in [6.07, 6.45) is 2.13. The minimum absolute atomic E-state index is 0.0169. The highest BCUT2D eigenvalue weighted by Crippen LogP contribution is 2.32. The third kappa shape index (κ3) is 4.00. The molecule has 0 saturated carbocycles. The van der Waals surface area contributed by atoms with E-state index in [4.69, 9.17) is 4.74 Å². The quantitative estimate of drug-likeness (QED) is 0.907. The number of likely N-dealkylation sites (tertiary alicyclic amines) is 1. The average molecular weight is 343 g/mol. The summed E-state index contributed by atoms with van der Waals surface area (Å²) in [4.78, 5) is 6.46. The Morgan fingerprint density at radius 3 is 2.42 bits per heavy atom. The Kier molecular flexibility index (Phi) is 5.30. The van der Waals surface area contributed by atoms with Gasteiger partial charge in [0, 0.05) is 31.5 Å². The monoisotopic (exact) mass is 343 g/mol. The first kappa shape index (κ1) is 17.5. The zero-order valence-electron chi connectivity index (χ0n) is 13.7. The predicted octanol–water partition coefficient (Wildman–Crippen LogP) is 3.55. The molecule has 0 atom stereocenters. The smallest absolute Gasteiger partial charge is 0.381 e. The van der Waals surface area contributed by atoms with E-state index in [2.05, 4.69) is 15.2 Å². The molecule has 2 saturated heterocycles. The van der Waals surface area contributed by atoms with Crippen LogP contribution in [0.3, 0.4) is 0 Å². The lowest BCUT2D eigenvalue weighted by molar-refractivity contribution is -0.137. The molecule has 2 fully saturated rings. The third-order valence-corrected chi connectivity index (χ3v) is 5.14. The number of nitrogens with one attached hydrogen (secondary N) is 1. The van der Waals surface area contributed by atoms with Gasteiger partial charge in [0.1, 0.15) is 5.82 Å². The molecule has 1 aromatic heterocycles. The van der Waals surface area contributed by atoms with Gasteiger partial charge < -0.3 is 10.1 Å². The summed E-state index contributed by atoms with van der Waals surface area (Å²) in [5.41, 5.74) is -0.701. The molecule has 2 aliphatic rings. The minimum atomic E-state index is -4.35. The van der Waals surface area contributed by atoms with Crippen LogP contribution in [0.1, 0.15) is 37.7 Å². The SMILES string of the molecule is FC(F)(F)c1ccc(NCC2(N3CCCCC3)CCOCC2)nc1. The van der Waals surface area contributed by atoms with E-state index >= 15 is 0 Å². The summed E-state index contributed by atoms with van der Waals surface area (Å²) in [7, 11) is 0. The average Bonchev–Trinajstić information content (AvgIpc) is 2.61. The van der Waals surface area contributed by atoms with Crippen LogP contribution in [0.5, 0.6) is 0 Å². The molecule has 0 aliphatic carbocycles. The van der Waals surface area contributed by atoms with E-state index in [1.165, 1.54) is 25.3 Å². The molecule has 0 amide bonds. The summed E-state index contributed by atoms with van der Waals surface area (Å²) in [6.45, 7) is 4.33. The van der Waals surface area contributed by atoms with E-state index in [0.29, 0.717) is 12.4 Å². The number of hydrogen-bond acceptors (Lipinski definition) is 4. The lowest BCUT2D eigenvalue weighted by Crippen LogP contribution is -2.57. The number of ether oxygens (including phenoxy) is 1. The van der Waals surface area contributed by atoms with Crippen LogP contribution >= 0.6 is 0 Å². The summed E-state index contributed by atoms with van der Waals surface area (Å²) in [5.74, 6) is 0.492. The largest absolute Gasteiger partial charge is 0.417 e. The van der Waals surface area contributed by atoms with Crippen molar-refractivity contribution in [2.24, 2.45) is 0 Å². The molecule has 1 N–H and O–H groups in total. The van der Waals surface area contributed by atoms with Gasteiger partial charge in [-0.2, -0.15) is 13.2 Å². The number of hydrogen-bond donors (Lipinski definition) is 1. The van der Waals surface area contributed by atoms with Gasteiger partial charge in [0.05, 0.1) is 5.56 Å². The summed E-state index contributed by atoms with van der Waals surface area (Å²) < 4.78 is 43.4. The van der Waals surface area contributed by atoms with E-state index < -0.39 is 11.7 Å². The summed E-state index contributed by atoms with van der Waals surface area (Å²) in [5, 5.41) is 3.26. The van der Waals surface area contributed by atoms with Gasteiger partial charge in [-0.15, -0.1) is 0 Å². The molecular formula is C17H24F3N3O. The van der Waals surface area contributed by atoms with Gasteiger partial charge in [0.25, 0.3) is 0 Å². The molecular weight excluding hydrogens is 319 g/mol. The van der Waals surface area contributed by atoms with Crippen LogP contribution in [-0.4, -0.2) is 48.3 Å². The number of anilines is 1. The number of pyridine rings is 1. The fourth-order valence-electron chi connectivity index (χ4n) is 3.65. The molecule has 3 rings (SSSR count). The van der Waals surface area contributed by atoms with Crippen LogP contribution < -0.4 is 5.32 Å². The Morgan fingerprint density at radius 1 is 1.12 bits per heavy atom. The van der Waals surface area contributed by atoms with E-state index in [0.717, 1.165) is 51.4 Å². The predicted molar refractivity (Wildman–Crippen MR) is 85.9 cm³/mol. The Morgan fingerprint density at radius 2 is 1.83 bits per heavy atom. The topological polar surface area (TPSA) is 37.4 Å². The number of rotatable bonds is 4. The first-order chi connectivity index (χ1) is 11.5. The van der Waals surface area contributed by atoms with Crippen molar-refractivity contribution in [1.29, 1.82) is 0 Å². The van der Waals surface area contributed by atoms with E-state index in [-0.39, 0.29) is 5.54 Å². The second-order valence-corrected chi connectivity index (χ2v) is 6.67. The van der Waals surface area contributed by atoms with Gasteiger partial charge in [-0.1, -0.05) is 6.42 Å². The molecule has 0 unspecified atom stereocenters. The molecule has 4 nitrogen and oxygen atoms in total. The maximum Gasteiger partial charge on any atom is 0.417 e. The van der Waals surface area contributed by atoms with Crippen molar-refractivity contribution in [2.75, 3.05) is 38.2 Å². The van der Waals surface area contributed by atoms with Gasteiger partial charge in [-0.25, -0.2) is 4.98 Å². The zero-order chi connectivity index (χ0) is 17.0. The van der Waals surface area contributed by atoms with Crippen LogP contribution in [0.2, 0.25) is 0 Å². The van der Waals surface area contributed by atoms with Crippen LogP contribution in [-0.2, 0) is 10.9 Å². The van der Waals surface area contributed by atoms with Crippen molar-refractivity contribution in [3.63, 3.8) is 0 Å². The second kappa shape index (κ2) is 7.27. The molecule has 2 aliphatic heterocycles. The number of piperidine rings is 1. The highest BCUT2D eigenvalue weighted by molar-refractivity contribution is 5.37. The molecule has 3 heterocycles. The number of aromatic nitrogens is 1. The number of alkyl halides is 3. The maximum atomic E-state index is 12.6. The van der Waals surface area contributed by atoms with Crippen molar-refractivity contribution in [1.82, 2.24) is 9.88 Å². The first-order valence-corrected chi connectivity index (χ1v) is 8.60. The fraction of sp³-hybridized carbons (Fsp3) is 0.706. The normalized spacial score (nSPS) is 22.3. The number of halogens is 3. The van der Waals surface area contributed by atoms with Gasteiger partial charge in [-0.05, 0) is 50.9 Å². The molecule has 24 heavy (non-hydrogen) atoms.